The van der Waals surface area contributed by atoms with Crippen molar-refractivity contribution in [3.8, 4) is 17.1 Å². The number of aromatic nitrogens is 2. The highest BCUT2D eigenvalue weighted by molar-refractivity contribution is 5.71. The summed E-state index contributed by atoms with van der Waals surface area (Å²) in [4.78, 5) is 16.7. The fraction of sp³-hybridized carbons (Fsp3) is 0.385. The van der Waals surface area contributed by atoms with Crippen LogP contribution in [-0.4, -0.2) is 28.7 Å². The summed E-state index contributed by atoms with van der Waals surface area (Å²) in [5.74, 6) is 1.95. The summed E-state index contributed by atoms with van der Waals surface area (Å²) in [6, 6.07) is 16.5. The Morgan fingerprint density at radius 3 is 2.77 bits per heavy atom. The molecule has 0 radical (unpaired) electrons. The van der Waals surface area contributed by atoms with E-state index in [1.165, 1.54) is 16.8 Å². The number of carbonyl (C=O) groups excluding carboxylic acids is 1. The molecule has 1 aliphatic rings. The van der Waals surface area contributed by atoms with Gasteiger partial charge in [0.2, 0.25) is 0 Å². The maximum absolute atomic E-state index is 11.9. The van der Waals surface area contributed by atoms with Crippen molar-refractivity contribution in [3.05, 3.63) is 71.0 Å². The van der Waals surface area contributed by atoms with Gasteiger partial charge in [-0.05, 0) is 55.9 Å². The number of benzene rings is 2. The van der Waals surface area contributed by atoms with Crippen molar-refractivity contribution in [2.75, 3.05) is 13.2 Å². The minimum atomic E-state index is -0.118. The van der Waals surface area contributed by atoms with Gasteiger partial charge in [0.15, 0.2) is 0 Å². The molecule has 0 bridgehead atoms. The second-order valence-electron chi connectivity index (χ2n) is 8.10. The van der Waals surface area contributed by atoms with Gasteiger partial charge in [-0.2, -0.15) is 0 Å². The number of ether oxygens (including phenoxy) is 2. The van der Waals surface area contributed by atoms with Gasteiger partial charge in [0.05, 0.1) is 25.3 Å². The second-order valence-corrected chi connectivity index (χ2v) is 8.10. The molecule has 1 heterocycles. The van der Waals surface area contributed by atoms with Gasteiger partial charge in [0.25, 0.3) is 0 Å². The monoisotopic (exact) mass is 418 g/mol. The van der Waals surface area contributed by atoms with Crippen LogP contribution < -0.4 is 4.74 Å². The van der Waals surface area contributed by atoms with E-state index in [9.17, 15) is 4.79 Å². The second kappa shape index (κ2) is 9.38. The van der Waals surface area contributed by atoms with Crippen molar-refractivity contribution < 1.29 is 14.3 Å². The van der Waals surface area contributed by atoms with Crippen molar-refractivity contribution >= 4 is 5.97 Å². The van der Waals surface area contributed by atoms with Crippen molar-refractivity contribution in [1.29, 1.82) is 0 Å². The Kier molecular flexibility index (Phi) is 6.40. The number of fused-ring (bicyclic) bond motifs is 1. The molecule has 3 aromatic rings. The number of carbonyl (C=O) groups is 1. The lowest BCUT2D eigenvalue weighted by molar-refractivity contribution is -0.143. The molecule has 1 aliphatic carbocycles. The Morgan fingerprint density at radius 2 is 2.00 bits per heavy atom. The molecular formula is C26H30N2O3. The summed E-state index contributed by atoms with van der Waals surface area (Å²) < 4.78 is 13.4. The van der Waals surface area contributed by atoms with Gasteiger partial charge in [-0.25, -0.2) is 4.98 Å². The molecular weight excluding hydrogens is 388 g/mol. The summed E-state index contributed by atoms with van der Waals surface area (Å²) in [5.41, 5.74) is 5.88. The maximum Gasteiger partial charge on any atom is 0.306 e. The number of aryl methyl sites for hydroxylation is 2. The summed E-state index contributed by atoms with van der Waals surface area (Å²) in [7, 11) is 2.06. The third-order valence-electron chi connectivity index (χ3n) is 6.09. The van der Waals surface area contributed by atoms with Gasteiger partial charge in [0, 0.05) is 24.7 Å². The lowest BCUT2D eigenvalue weighted by Gasteiger charge is -2.13. The molecule has 5 heteroatoms. The zero-order valence-corrected chi connectivity index (χ0v) is 18.6. The van der Waals surface area contributed by atoms with E-state index in [1.54, 1.807) is 0 Å². The number of imidazole rings is 1. The van der Waals surface area contributed by atoms with Gasteiger partial charge >= 0.3 is 5.97 Å². The Bertz CT molecular complexity index is 1060. The number of hydrogen-bond acceptors (Lipinski definition) is 4. The molecule has 0 fully saturated rings. The van der Waals surface area contributed by atoms with Crippen molar-refractivity contribution in [2.24, 2.45) is 7.05 Å². The van der Waals surface area contributed by atoms with E-state index in [2.05, 4.69) is 42.8 Å². The quantitative estimate of drug-likeness (QED) is 0.483. The Balaban J connectivity index is 1.41. The van der Waals surface area contributed by atoms with Gasteiger partial charge in [-0.15, -0.1) is 0 Å². The smallest absolute Gasteiger partial charge is 0.306 e. The van der Waals surface area contributed by atoms with Crippen LogP contribution in [0.5, 0.6) is 5.75 Å². The molecule has 0 spiro atoms. The minimum absolute atomic E-state index is 0.118. The molecule has 0 saturated carbocycles. The van der Waals surface area contributed by atoms with E-state index >= 15 is 0 Å². The van der Waals surface area contributed by atoms with Crippen LogP contribution in [0.1, 0.15) is 48.2 Å². The minimum Gasteiger partial charge on any atom is -0.493 e. The zero-order chi connectivity index (χ0) is 21.8. The van der Waals surface area contributed by atoms with E-state index < -0.39 is 0 Å². The average molecular weight is 419 g/mol. The summed E-state index contributed by atoms with van der Waals surface area (Å²) in [5, 5.41) is 0. The fourth-order valence-electron chi connectivity index (χ4n) is 4.52. The first-order valence-electron chi connectivity index (χ1n) is 11.1. The van der Waals surface area contributed by atoms with E-state index in [0.717, 1.165) is 42.1 Å². The van der Waals surface area contributed by atoms with Crippen LogP contribution in [-0.2, 0) is 29.4 Å². The summed E-state index contributed by atoms with van der Waals surface area (Å²) in [6.45, 7) is 4.91. The number of esters is 1. The first-order chi connectivity index (χ1) is 15.1. The van der Waals surface area contributed by atoms with Crippen LogP contribution in [0, 0.1) is 6.92 Å². The SMILES string of the molecule is CCOC(=O)C[C@@H]1CCc2ccc(OCCc3c(C)nc(-c4ccccc4)n3C)cc21. The lowest BCUT2D eigenvalue weighted by Crippen LogP contribution is -2.09. The predicted molar refractivity (Wildman–Crippen MR) is 121 cm³/mol. The molecule has 1 atom stereocenters. The molecule has 31 heavy (non-hydrogen) atoms. The van der Waals surface area contributed by atoms with E-state index in [-0.39, 0.29) is 11.9 Å². The number of hydrogen-bond donors (Lipinski definition) is 0. The molecule has 0 unspecified atom stereocenters. The topological polar surface area (TPSA) is 53.4 Å². The molecule has 162 valence electrons. The average Bonchev–Trinajstić information content (AvgIpc) is 3.29. The standard InChI is InChI=1S/C26H30N2O3/c1-4-30-25(29)16-21-11-10-19-12-13-22(17-23(19)21)31-15-14-24-18(2)27-26(28(24)3)20-8-6-5-7-9-20/h5-9,12-13,17,21H,4,10-11,14-16H2,1-3H3/t21-/m0/s1. The van der Waals surface area contributed by atoms with Crippen LogP contribution >= 0.6 is 0 Å². The van der Waals surface area contributed by atoms with Crippen molar-refractivity contribution in [1.82, 2.24) is 9.55 Å². The van der Waals surface area contributed by atoms with Gasteiger partial charge in [-0.3, -0.25) is 4.79 Å². The molecule has 5 nitrogen and oxygen atoms in total. The van der Waals surface area contributed by atoms with Crippen LogP contribution in [0.3, 0.4) is 0 Å². The third-order valence-corrected chi connectivity index (χ3v) is 6.09. The van der Waals surface area contributed by atoms with Crippen LogP contribution in [0.15, 0.2) is 48.5 Å². The first-order valence-corrected chi connectivity index (χ1v) is 11.1. The normalized spacial score (nSPS) is 15.0. The molecule has 2 aromatic carbocycles. The first kappa shape index (κ1) is 21.2. The summed E-state index contributed by atoms with van der Waals surface area (Å²) in [6.07, 6.45) is 3.23. The molecule has 4 rings (SSSR count). The van der Waals surface area contributed by atoms with E-state index in [1.807, 2.05) is 31.2 Å². The highest BCUT2D eigenvalue weighted by Gasteiger charge is 2.25. The zero-order valence-electron chi connectivity index (χ0n) is 18.6. The van der Waals surface area contributed by atoms with Gasteiger partial charge in [-0.1, -0.05) is 36.4 Å². The predicted octanol–water partition coefficient (Wildman–Crippen LogP) is 5.00. The largest absolute Gasteiger partial charge is 0.493 e. The molecule has 0 aliphatic heterocycles. The van der Waals surface area contributed by atoms with Gasteiger partial charge in [0.1, 0.15) is 11.6 Å². The molecule has 0 N–H and O–H groups in total. The Labute approximate surface area is 184 Å². The maximum atomic E-state index is 11.9. The summed E-state index contributed by atoms with van der Waals surface area (Å²) >= 11 is 0. The highest BCUT2D eigenvalue weighted by Crippen LogP contribution is 2.37. The Morgan fingerprint density at radius 1 is 1.19 bits per heavy atom. The van der Waals surface area contributed by atoms with E-state index in [0.29, 0.717) is 19.6 Å². The third kappa shape index (κ3) is 4.66. The number of nitrogens with zero attached hydrogens (tertiary/aromatic N) is 2. The number of rotatable bonds is 8. The molecule has 0 saturated heterocycles. The van der Waals surface area contributed by atoms with Crippen molar-refractivity contribution in [2.45, 2.75) is 45.4 Å². The van der Waals surface area contributed by atoms with Crippen LogP contribution in [0.25, 0.3) is 11.4 Å². The highest BCUT2D eigenvalue weighted by atomic mass is 16.5. The Hall–Kier alpha value is -3.08. The van der Waals surface area contributed by atoms with Crippen LogP contribution in [0.2, 0.25) is 0 Å². The van der Waals surface area contributed by atoms with Crippen molar-refractivity contribution in [3.63, 3.8) is 0 Å². The molecule has 0 amide bonds. The van der Waals surface area contributed by atoms with E-state index in [4.69, 9.17) is 14.5 Å². The van der Waals surface area contributed by atoms with Crippen LogP contribution in [0.4, 0.5) is 0 Å². The lowest BCUT2D eigenvalue weighted by atomic mass is 9.98. The van der Waals surface area contributed by atoms with Gasteiger partial charge < -0.3 is 14.0 Å². The fourth-order valence-corrected chi connectivity index (χ4v) is 4.52. The molecule has 1 aromatic heterocycles.